The van der Waals surface area contributed by atoms with Crippen molar-refractivity contribution >= 4 is 28.4 Å². The summed E-state index contributed by atoms with van der Waals surface area (Å²) in [6, 6.07) is 0. The van der Waals surface area contributed by atoms with Crippen molar-refractivity contribution in [1.82, 2.24) is 28.9 Å². The topological polar surface area (TPSA) is 154 Å². The number of anilines is 2. The molecule has 3 aromatic rings. The fourth-order valence-corrected chi connectivity index (χ4v) is 3.37. The lowest BCUT2D eigenvalue weighted by atomic mass is 10.3. The van der Waals surface area contributed by atoms with Crippen molar-refractivity contribution in [3.8, 4) is 0 Å². The van der Waals surface area contributed by atoms with Gasteiger partial charge in [0.15, 0.2) is 11.3 Å². The number of rotatable bonds is 8. The van der Waals surface area contributed by atoms with E-state index in [0.29, 0.717) is 25.0 Å². The van der Waals surface area contributed by atoms with E-state index in [1.807, 2.05) is 13.8 Å². The Morgan fingerprint density at radius 2 is 1.97 bits per heavy atom. The summed E-state index contributed by atoms with van der Waals surface area (Å²) in [6.45, 7) is 3.97. The molecule has 0 fully saturated rings. The van der Waals surface area contributed by atoms with Crippen LogP contribution in [0.3, 0.4) is 0 Å². The van der Waals surface area contributed by atoms with Crippen LogP contribution >= 0.6 is 0 Å². The van der Waals surface area contributed by atoms with Gasteiger partial charge in [0.05, 0.1) is 6.20 Å². The van der Waals surface area contributed by atoms with Gasteiger partial charge in [-0.25, -0.2) is 9.78 Å². The quantitative estimate of drug-likeness (QED) is 0.502. The third kappa shape index (κ3) is 4.13. The number of carbonyl (C=O) groups is 1. The molecule has 0 bridgehead atoms. The SMILES string of the molecule is CCCCn1c(N)c(N(CCC)C(=O)Cn2cnc3c(cnn3C)c2=O)c(=O)[nH]c1=O. The van der Waals surface area contributed by atoms with Crippen molar-refractivity contribution in [2.24, 2.45) is 7.05 Å². The number of H-pyrrole nitrogens is 1. The first-order valence-electron chi connectivity index (χ1n) is 10.1. The zero-order valence-corrected chi connectivity index (χ0v) is 17.8. The minimum absolute atomic E-state index is 0.0721. The van der Waals surface area contributed by atoms with Crippen LogP contribution in [0.5, 0.6) is 0 Å². The minimum atomic E-state index is -0.745. The second kappa shape index (κ2) is 8.98. The standard InChI is InChI=1S/C19H26N8O4/c1-4-6-8-27-15(20)14(17(29)23-19(27)31)26(7-5-2)13(28)10-25-11-21-16-12(18(25)30)9-22-24(16)3/h9,11H,4-8,10,20H2,1-3H3,(H,23,29,31). The third-order valence-electron chi connectivity index (χ3n) is 4.99. The van der Waals surface area contributed by atoms with E-state index >= 15 is 0 Å². The third-order valence-corrected chi connectivity index (χ3v) is 4.99. The maximum absolute atomic E-state index is 13.1. The molecule has 0 saturated carbocycles. The van der Waals surface area contributed by atoms with E-state index in [4.69, 9.17) is 5.73 Å². The first kappa shape index (κ1) is 22.0. The predicted octanol–water partition coefficient (Wildman–Crippen LogP) is -0.194. The maximum atomic E-state index is 13.1. The second-order valence-electron chi connectivity index (χ2n) is 7.23. The molecule has 0 aliphatic heterocycles. The van der Waals surface area contributed by atoms with Crippen LogP contribution in [-0.2, 0) is 24.9 Å². The summed E-state index contributed by atoms with van der Waals surface area (Å²) in [5.74, 6) is -0.593. The highest BCUT2D eigenvalue weighted by molar-refractivity contribution is 5.95. The fraction of sp³-hybridized carbons (Fsp3) is 0.474. The highest BCUT2D eigenvalue weighted by Crippen LogP contribution is 2.18. The summed E-state index contributed by atoms with van der Waals surface area (Å²) < 4.78 is 3.88. The molecule has 0 aromatic carbocycles. The minimum Gasteiger partial charge on any atom is -0.383 e. The number of hydrogen-bond acceptors (Lipinski definition) is 7. The van der Waals surface area contributed by atoms with Gasteiger partial charge in [0.1, 0.15) is 24.1 Å². The summed E-state index contributed by atoms with van der Waals surface area (Å²) in [7, 11) is 1.66. The van der Waals surface area contributed by atoms with E-state index < -0.39 is 22.7 Å². The normalized spacial score (nSPS) is 11.2. The number of aromatic amines is 1. The summed E-state index contributed by atoms with van der Waals surface area (Å²) >= 11 is 0. The first-order valence-corrected chi connectivity index (χ1v) is 10.1. The largest absolute Gasteiger partial charge is 0.383 e. The summed E-state index contributed by atoms with van der Waals surface area (Å²) in [6.07, 6.45) is 4.70. The molecule has 1 amide bonds. The van der Waals surface area contributed by atoms with Crippen molar-refractivity contribution in [2.75, 3.05) is 17.2 Å². The van der Waals surface area contributed by atoms with Crippen molar-refractivity contribution in [3.05, 3.63) is 43.7 Å². The maximum Gasteiger partial charge on any atom is 0.330 e. The number of nitrogens with one attached hydrogen (secondary N) is 1. The molecule has 3 rings (SSSR count). The molecule has 31 heavy (non-hydrogen) atoms. The summed E-state index contributed by atoms with van der Waals surface area (Å²) in [5.41, 5.74) is 4.68. The lowest BCUT2D eigenvalue weighted by Gasteiger charge is -2.24. The van der Waals surface area contributed by atoms with Crippen molar-refractivity contribution in [3.63, 3.8) is 0 Å². The molecule has 3 N–H and O–H groups in total. The number of nitrogen functional groups attached to an aromatic ring is 1. The van der Waals surface area contributed by atoms with Gasteiger partial charge in [0.25, 0.3) is 11.1 Å². The van der Waals surface area contributed by atoms with Gasteiger partial charge in [-0.05, 0) is 12.8 Å². The molecule has 0 saturated heterocycles. The molecule has 0 aliphatic carbocycles. The number of amides is 1. The van der Waals surface area contributed by atoms with Gasteiger partial charge < -0.3 is 10.6 Å². The van der Waals surface area contributed by atoms with Crippen LogP contribution in [0.15, 0.2) is 26.9 Å². The van der Waals surface area contributed by atoms with Crippen LogP contribution in [0.25, 0.3) is 11.0 Å². The van der Waals surface area contributed by atoms with Crippen molar-refractivity contribution in [2.45, 2.75) is 46.2 Å². The molecule has 0 radical (unpaired) electrons. The van der Waals surface area contributed by atoms with Crippen LogP contribution in [0.2, 0.25) is 0 Å². The number of nitrogens with two attached hydrogens (primary N) is 1. The van der Waals surface area contributed by atoms with Crippen LogP contribution in [0, 0.1) is 0 Å². The van der Waals surface area contributed by atoms with E-state index in [1.165, 1.54) is 26.7 Å². The first-order chi connectivity index (χ1) is 14.8. The number of hydrogen-bond donors (Lipinski definition) is 2. The number of aromatic nitrogens is 6. The highest BCUT2D eigenvalue weighted by atomic mass is 16.2. The second-order valence-corrected chi connectivity index (χ2v) is 7.23. The average molecular weight is 430 g/mol. The number of unbranched alkanes of at least 4 members (excludes halogenated alkanes) is 1. The molecule has 0 aliphatic rings. The molecular formula is C19H26N8O4. The number of fused-ring (bicyclic) bond motifs is 1. The Kier molecular flexibility index (Phi) is 6.37. The molecule has 0 spiro atoms. The van der Waals surface area contributed by atoms with E-state index in [2.05, 4.69) is 15.1 Å². The van der Waals surface area contributed by atoms with Gasteiger partial charge in [-0.3, -0.25) is 33.2 Å². The molecular weight excluding hydrogens is 404 g/mol. The fourth-order valence-electron chi connectivity index (χ4n) is 3.37. The van der Waals surface area contributed by atoms with Gasteiger partial charge in [-0.1, -0.05) is 20.3 Å². The summed E-state index contributed by atoms with van der Waals surface area (Å²) in [4.78, 5) is 58.2. The molecule has 166 valence electrons. The molecule has 3 aromatic heterocycles. The Labute approximate surface area is 176 Å². The Balaban J connectivity index is 2.02. The lowest BCUT2D eigenvalue weighted by Crippen LogP contribution is -2.43. The number of carbonyl (C=O) groups excluding carboxylic acids is 1. The van der Waals surface area contributed by atoms with E-state index in [0.717, 1.165) is 11.0 Å². The molecule has 12 heteroatoms. The van der Waals surface area contributed by atoms with E-state index in [1.54, 1.807) is 7.05 Å². The Morgan fingerprint density at radius 1 is 1.23 bits per heavy atom. The Hall–Kier alpha value is -3.70. The molecule has 0 atom stereocenters. The Bertz CT molecular complexity index is 1280. The van der Waals surface area contributed by atoms with Crippen LogP contribution in [-0.4, -0.2) is 41.3 Å². The van der Waals surface area contributed by atoms with Gasteiger partial charge in [-0.15, -0.1) is 0 Å². The van der Waals surface area contributed by atoms with Gasteiger partial charge in [0.2, 0.25) is 5.91 Å². The van der Waals surface area contributed by atoms with Gasteiger partial charge in [0, 0.05) is 20.1 Å². The molecule has 12 nitrogen and oxygen atoms in total. The highest BCUT2D eigenvalue weighted by Gasteiger charge is 2.24. The molecule has 0 unspecified atom stereocenters. The lowest BCUT2D eigenvalue weighted by molar-refractivity contribution is -0.119. The van der Waals surface area contributed by atoms with Crippen LogP contribution in [0.1, 0.15) is 33.1 Å². The van der Waals surface area contributed by atoms with Crippen molar-refractivity contribution in [1.29, 1.82) is 0 Å². The van der Waals surface area contributed by atoms with E-state index in [-0.39, 0.29) is 30.0 Å². The van der Waals surface area contributed by atoms with Gasteiger partial charge in [-0.2, -0.15) is 5.10 Å². The Morgan fingerprint density at radius 3 is 2.65 bits per heavy atom. The monoisotopic (exact) mass is 430 g/mol. The number of nitrogens with zero attached hydrogens (tertiary/aromatic N) is 6. The smallest absolute Gasteiger partial charge is 0.330 e. The zero-order chi connectivity index (χ0) is 22.7. The van der Waals surface area contributed by atoms with Crippen LogP contribution < -0.4 is 27.4 Å². The van der Waals surface area contributed by atoms with Crippen LogP contribution in [0.4, 0.5) is 11.5 Å². The average Bonchev–Trinajstić information content (AvgIpc) is 3.10. The zero-order valence-electron chi connectivity index (χ0n) is 17.8. The van der Waals surface area contributed by atoms with E-state index in [9.17, 15) is 19.2 Å². The predicted molar refractivity (Wildman–Crippen MR) is 116 cm³/mol. The summed E-state index contributed by atoms with van der Waals surface area (Å²) in [5, 5.41) is 4.29. The number of aryl methyl sites for hydroxylation is 1. The van der Waals surface area contributed by atoms with Crippen molar-refractivity contribution < 1.29 is 4.79 Å². The molecule has 3 heterocycles. The van der Waals surface area contributed by atoms with Gasteiger partial charge >= 0.3 is 5.69 Å².